The van der Waals surface area contributed by atoms with Gasteiger partial charge in [-0.25, -0.2) is 3.11 Å². The van der Waals surface area contributed by atoms with Crippen LogP contribution in [0.3, 0.4) is 0 Å². The maximum atomic E-state index is 10.7. The zero-order valence-corrected chi connectivity index (χ0v) is 9.13. The highest BCUT2D eigenvalue weighted by Crippen LogP contribution is 2.01. The summed E-state index contributed by atoms with van der Waals surface area (Å²) in [7, 11) is 1.42. The van der Waals surface area contributed by atoms with Gasteiger partial charge in [-0.2, -0.15) is 0 Å². The summed E-state index contributed by atoms with van der Waals surface area (Å²) >= 11 is 2.22. The van der Waals surface area contributed by atoms with E-state index in [0.29, 0.717) is 6.42 Å². The van der Waals surface area contributed by atoms with Crippen molar-refractivity contribution >= 4 is 28.8 Å². The fourth-order valence-electron chi connectivity index (χ4n) is 0.669. The van der Waals surface area contributed by atoms with Crippen LogP contribution in [0.5, 0.6) is 0 Å². The first-order valence-electron chi connectivity index (χ1n) is 3.68. The summed E-state index contributed by atoms with van der Waals surface area (Å²) in [6.45, 7) is 3.92. The van der Waals surface area contributed by atoms with Crippen molar-refractivity contribution in [3.05, 3.63) is 0 Å². The molecule has 0 N–H and O–H groups in total. The first-order chi connectivity index (χ1) is 5.20. The van der Waals surface area contributed by atoms with Crippen LogP contribution in [0, 0.1) is 0 Å². The Morgan fingerprint density at radius 1 is 1.55 bits per heavy atom. The van der Waals surface area contributed by atoms with Gasteiger partial charge in [0.1, 0.15) is 0 Å². The Labute approximate surface area is 81.6 Å². The van der Waals surface area contributed by atoms with Crippen LogP contribution in [0.25, 0.3) is 0 Å². The van der Waals surface area contributed by atoms with Crippen molar-refractivity contribution in [3.8, 4) is 0 Å². The van der Waals surface area contributed by atoms with Crippen molar-refractivity contribution in [2.45, 2.75) is 19.8 Å². The van der Waals surface area contributed by atoms with Crippen molar-refractivity contribution in [2.24, 2.45) is 0 Å². The van der Waals surface area contributed by atoms with Crippen LogP contribution < -0.4 is 0 Å². The summed E-state index contributed by atoms with van der Waals surface area (Å²) in [5.41, 5.74) is 0. The van der Waals surface area contributed by atoms with Gasteiger partial charge in [0.15, 0.2) is 0 Å². The number of nitrogens with zero attached hydrogens (tertiary/aromatic N) is 1. The lowest BCUT2D eigenvalue weighted by Crippen LogP contribution is -2.17. The third-order valence-corrected chi connectivity index (χ3v) is 2.22. The molecule has 0 atom stereocenters. The van der Waals surface area contributed by atoms with E-state index in [-0.39, 0.29) is 5.97 Å². The van der Waals surface area contributed by atoms with Crippen LogP contribution in [-0.4, -0.2) is 29.3 Å². The van der Waals surface area contributed by atoms with Gasteiger partial charge < -0.3 is 4.74 Å². The largest absolute Gasteiger partial charge is 0.469 e. The van der Waals surface area contributed by atoms with Crippen LogP contribution in [0.15, 0.2) is 0 Å². The predicted molar refractivity (Wildman–Crippen MR) is 52.5 cm³/mol. The summed E-state index contributed by atoms with van der Waals surface area (Å²) in [5.74, 6) is -0.136. The molecule has 11 heavy (non-hydrogen) atoms. The van der Waals surface area contributed by atoms with Gasteiger partial charge in [0.05, 0.1) is 13.5 Å². The van der Waals surface area contributed by atoms with Gasteiger partial charge in [-0.1, -0.05) is 6.92 Å². The summed E-state index contributed by atoms with van der Waals surface area (Å²) in [6, 6.07) is 0. The van der Waals surface area contributed by atoms with E-state index in [0.717, 1.165) is 19.5 Å². The smallest absolute Gasteiger partial charge is 0.306 e. The number of hydrogen-bond acceptors (Lipinski definition) is 3. The van der Waals surface area contributed by atoms with Crippen molar-refractivity contribution in [1.29, 1.82) is 0 Å². The van der Waals surface area contributed by atoms with Crippen LogP contribution in [0.1, 0.15) is 19.8 Å². The number of ether oxygens (including phenoxy) is 1. The normalized spacial score (nSPS) is 10.2. The summed E-state index contributed by atoms with van der Waals surface area (Å²) in [4.78, 5) is 10.7. The zero-order chi connectivity index (χ0) is 8.69. The molecule has 0 aliphatic carbocycles. The molecule has 0 saturated carbocycles. The molecule has 0 aliphatic heterocycles. The maximum absolute atomic E-state index is 10.7. The third kappa shape index (κ3) is 6.55. The highest BCUT2D eigenvalue weighted by atomic mass is 127. The van der Waals surface area contributed by atoms with Gasteiger partial charge >= 0.3 is 5.97 Å². The molecule has 0 aromatic carbocycles. The van der Waals surface area contributed by atoms with Crippen molar-refractivity contribution < 1.29 is 9.53 Å². The van der Waals surface area contributed by atoms with E-state index in [2.05, 4.69) is 37.6 Å². The molecular weight excluding hydrogens is 257 g/mol. The molecule has 0 aromatic rings. The van der Waals surface area contributed by atoms with Crippen molar-refractivity contribution in [3.63, 3.8) is 0 Å². The highest BCUT2D eigenvalue weighted by Gasteiger charge is 2.03. The van der Waals surface area contributed by atoms with Gasteiger partial charge in [0.2, 0.25) is 0 Å². The fourth-order valence-corrected chi connectivity index (χ4v) is 1.39. The second-order valence-corrected chi connectivity index (χ2v) is 3.60. The zero-order valence-electron chi connectivity index (χ0n) is 6.97. The minimum atomic E-state index is -0.136. The Balaban J connectivity index is 3.29. The maximum Gasteiger partial charge on any atom is 0.306 e. The summed E-state index contributed by atoms with van der Waals surface area (Å²) in [6.07, 6.45) is 1.60. The van der Waals surface area contributed by atoms with Crippen LogP contribution in [0.2, 0.25) is 0 Å². The fraction of sp³-hybridized carbons (Fsp3) is 0.857. The molecule has 0 amide bonds. The molecular formula is C7H14INO2. The predicted octanol–water partition coefficient (Wildman–Crippen LogP) is 1.61. The van der Waals surface area contributed by atoms with Gasteiger partial charge in [0, 0.05) is 36.0 Å². The number of esters is 1. The average Bonchev–Trinajstić information content (AvgIpc) is 2.01. The molecule has 3 nitrogen and oxygen atoms in total. The second kappa shape index (κ2) is 6.84. The van der Waals surface area contributed by atoms with Gasteiger partial charge in [-0.05, 0) is 6.42 Å². The van der Waals surface area contributed by atoms with E-state index < -0.39 is 0 Å². The Morgan fingerprint density at radius 3 is 2.64 bits per heavy atom. The number of rotatable bonds is 5. The van der Waals surface area contributed by atoms with Gasteiger partial charge in [-0.15, -0.1) is 0 Å². The Kier molecular flexibility index (Phi) is 6.94. The molecule has 4 heteroatoms. The Hall–Kier alpha value is 0.160. The van der Waals surface area contributed by atoms with E-state index in [1.165, 1.54) is 7.11 Å². The quantitative estimate of drug-likeness (QED) is 0.432. The first-order valence-corrected chi connectivity index (χ1v) is 4.64. The minimum absolute atomic E-state index is 0.136. The minimum Gasteiger partial charge on any atom is -0.469 e. The van der Waals surface area contributed by atoms with Crippen LogP contribution >= 0.6 is 22.9 Å². The van der Waals surface area contributed by atoms with Gasteiger partial charge in [0.25, 0.3) is 0 Å². The SMILES string of the molecule is CCCN(I)CCC(=O)OC. The monoisotopic (exact) mass is 271 g/mol. The topological polar surface area (TPSA) is 29.5 Å². The van der Waals surface area contributed by atoms with E-state index in [1.54, 1.807) is 0 Å². The van der Waals surface area contributed by atoms with Crippen LogP contribution in [0.4, 0.5) is 0 Å². The van der Waals surface area contributed by atoms with E-state index in [4.69, 9.17) is 0 Å². The van der Waals surface area contributed by atoms with E-state index in [9.17, 15) is 4.79 Å². The van der Waals surface area contributed by atoms with Crippen molar-refractivity contribution in [2.75, 3.05) is 20.2 Å². The van der Waals surface area contributed by atoms with Crippen molar-refractivity contribution in [1.82, 2.24) is 3.11 Å². The molecule has 0 spiro atoms. The molecule has 0 unspecified atom stereocenters. The number of carbonyl (C=O) groups excluding carboxylic acids is 1. The highest BCUT2D eigenvalue weighted by molar-refractivity contribution is 14.1. The lowest BCUT2D eigenvalue weighted by molar-refractivity contribution is -0.140. The Bertz CT molecular complexity index is 119. The number of hydrogen-bond donors (Lipinski definition) is 0. The number of methoxy groups -OCH3 is 1. The molecule has 0 rings (SSSR count). The molecule has 66 valence electrons. The lowest BCUT2D eigenvalue weighted by atomic mass is 10.4. The second-order valence-electron chi connectivity index (χ2n) is 2.24. The third-order valence-electron chi connectivity index (χ3n) is 1.25. The Morgan fingerprint density at radius 2 is 2.18 bits per heavy atom. The van der Waals surface area contributed by atoms with E-state index >= 15 is 0 Å². The lowest BCUT2D eigenvalue weighted by Gasteiger charge is -2.10. The average molecular weight is 271 g/mol. The number of carbonyl (C=O) groups is 1. The van der Waals surface area contributed by atoms with Gasteiger partial charge in [-0.3, -0.25) is 4.79 Å². The molecule has 0 aromatic heterocycles. The standard InChI is InChI=1S/C7H14INO2/c1-3-5-9(8)6-4-7(10)11-2/h3-6H2,1-2H3. The number of halogens is 1. The summed E-state index contributed by atoms with van der Waals surface area (Å²) in [5, 5.41) is 0. The molecule has 0 bridgehead atoms. The summed E-state index contributed by atoms with van der Waals surface area (Å²) < 4.78 is 6.60. The molecule has 0 aliphatic rings. The van der Waals surface area contributed by atoms with Crippen LogP contribution in [-0.2, 0) is 9.53 Å². The molecule has 0 saturated heterocycles. The molecule has 0 radical (unpaired) electrons. The molecule has 0 fully saturated rings. The first kappa shape index (κ1) is 11.2. The molecule has 0 heterocycles. The van der Waals surface area contributed by atoms with E-state index in [1.807, 2.05) is 0 Å².